The Labute approximate surface area is 831 Å². The Morgan fingerprint density at radius 1 is 0.328 bits per heavy atom. The number of ether oxygens (including phenoxy) is 1. The molecule has 14 fully saturated rings. The first-order valence-electron chi connectivity index (χ1n) is 49.9. The van der Waals surface area contributed by atoms with Gasteiger partial charge in [0, 0.05) is 250 Å². The van der Waals surface area contributed by atoms with Gasteiger partial charge in [0.25, 0.3) is 5.91 Å². The fourth-order valence-corrected chi connectivity index (χ4v) is 24.1. The van der Waals surface area contributed by atoms with E-state index in [9.17, 15) is 28.8 Å². The number of hydrogen-bond donors (Lipinski definition) is 2. The van der Waals surface area contributed by atoms with E-state index in [1.807, 2.05) is 130 Å². The number of thiophene rings is 1. The molecule has 4 saturated carbocycles. The summed E-state index contributed by atoms with van der Waals surface area (Å²) in [5.41, 5.74) is 1.07. The number of urea groups is 5. The molecular formula is C98H182N20O7S6. The Bertz CT molecular complexity index is 3640. The Morgan fingerprint density at radius 3 is 0.893 bits per heavy atom. The van der Waals surface area contributed by atoms with Gasteiger partial charge in [0.05, 0.1) is 18.0 Å². The van der Waals surface area contributed by atoms with Gasteiger partial charge in [-0.25, -0.2) is 24.0 Å². The van der Waals surface area contributed by atoms with Crippen LogP contribution in [0.5, 0.6) is 5.75 Å². The number of carbonyl (C=O) groups is 6. The average molecular weight is 1950 g/mol. The van der Waals surface area contributed by atoms with Gasteiger partial charge in [0.1, 0.15) is 5.75 Å². The lowest BCUT2D eigenvalue weighted by Crippen LogP contribution is -2.48. The molecule has 10 atom stereocenters. The van der Waals surface area contributed by atoms with Crippen LogP contribution in [0.1, 0.15) is 204 Å². The highest BCUT2D eigenvalue weighted by Crippen LogP contribution is 2.38. The van der Waals surface area contributed by atoms with Crippen molar-refractivity contribution in [2.75, 3.05) is 230 Å². The SMILES string of the molecule is CC1CCC(N2CCC(N(C)C(=O)N3CCC(N(C)C)C3)C2)CC1.CC1CCC(N2CCC(N(C)C(=O)N3CCC(N(C)C)C3)C2)CC1.CN(C)C1CCN(C(=O)N(C)C2CCNC2)C1.CNC1CCN(C(=O)N(C)C2CCN(C3CCC(C)CC3)C2)C1.COc1ccc(-c2ccc(C(=O)N(C)C3CCN(C(=O)N(C)C4CCN(C5CCC(C)CC5)C4)C3)s2)cc1.S.S.S.S.S. The van der Waals surface area contributed by atoms with Crippen molar-refractivity contribution < 1.29 is 33.5 Å². The molecule has 752 valence electrons. The average Bonchev–Trinajstić information content (AvgIpc) is 1.66. The van der Waals surface area contributed by atoms with E-state index in [2.05, 4.69) is 125 Å². The molecule has 2 aromatic rings. The van der Waals surface area contributed by atoms with E-state index >= 15 is 0 Å². The molecule has 10 aliphatic heterocycles. The lowest BCUT2D eigenvalue weighted by Gasteiger charge is -2.34. The molecule has 11 heterocycles. The number of rotatable bonds is 17. The van der Waals surface area contributed by atoms with Crippen LogP contribution in [0.3, 0.4) is 0 Å². The summed E-state index contributed by atoms with van der Waals surface area (Å²) in [4.78, 5) is 118. The standard InChI is InChI=1S/C30H42N4O3S.2C19H36N4O.C18H34N4O.C12H24N4O.5H2S/c1-21-5-9-23(10-6-21)33-17-15-25(19-33)32(3)30(36)34-18-16-24(20-34)31(2)29(35)28-14-13-27(38-28)22-7-11-26(37-4)12-8-22;2*1-15-5-7-16(8-6-15)22-11-10-18(14-22)21(4)19(24)23-12-9-17(13-23)20(2)3;1-14-4-6-16(7-5-14)21-11-9-17(13-21)20(3)18(23)22-10-8-15(12-22)19-2;1-14(2)11-5-7-16(9-11)12(17)15(3)10-4-6-13-8-10;;;;;/h7-8,11-14,21,23-25H,5-6,9-10,15-20H2,1-4H3;2*15-18H,5-14H2,1-4H3;14-17,19H,4-13H2,1-3H3;10-11,13H,4-9H2,1-3H3;5*1H2. The number of benzene rings is 1. The number of nitrogens with zero attached hydrogens (tertiary/aromatic N) is 18. The van der Waals surface area contributed by atoms with Crippen LogP contribution in [-0.2, 0) is 0 Å². The van der Waals surface area contributed by atoms with Crippen molar-refractivity contribution in [1.82, 2.24) is 98.8 Å². The molecule has 0 radical (unpaired) electrons. The molecule has 4 aliphatic carbocycles. The number of amides is 11. The molecule has 14 aliphatic rings. The van der Waals surface area contributed by atoms with E-state index in [-0.39, 0.29) is 116 Å². The van der Waals surface area contributed by atoms with Gasteiger partial charge in [0.15, 0.2) is 0 Å². The summed E-state index contributed by atoms with van der Waals surface area (Å²) in [6, 6.07) is 19.7. The van der Waals surface area contributed by atoms with Gasteiger partial charge in [-0.1, -0.05) is 27.7 Å². The van der Waals surface area contributed by atoms with Gasteiger partial charge in [0.2, 0.25) is 0 Å². The number of likely N-dealkylation sites (N-methyl/N-ethyl adjacent to an activating group) is 10. The van der Waals surface area contributed by atoms with Gasteiger partial charge in [-0.05, 0) is 288 Å². The Kier molecular flexibility index (Phi) is 47.4. The number of likely N-dealkylation sites (tertiary alicyclic amines) is 9. The molecule has 11 amide bonds. The second-order valence-corrected chi connectivity index (χ2v) is 43.1. The fraction of sp³-hybridized carbons (Fsp3) is 0.837. The minimum atomic E-state index is 0. The van der Waals surface area contributed by atoms with Crippen LogP contribution in [-0.4, -0.2) is 438 Å². The van der Waals surface area contributed by atoms with E-state index in [0.29, 0.717) is 67.5 Å². The Balaban J connectivity index is 0.000000227. The second kappa shape index (κ2) is 54.5. The van der Waals surface area contributed by atoms with Crippen molar-refractivity contribution in [2.45, 2.75) is 279 Å². The normalized spacial score (nSPS) is 30.4. The van der Waals surface area contributed by atoms with Crippen molar-refractivity contribution >= 4 is 115 Å². The number of nitrogens with one attached hydrogen (secondary N) is 2. The van der Waals surface area contributed by atoms with Gasteiger partial charge in [-0.2, -0.15) is 67.5 Å². The minimum absolute atomic E-state index is 0. The van der Waals surface area contributed by atoms with E-state index < -0.39 is 0 Å². The molecule has 1 aromatic carbocycles. The van der Waals surface area contributed by atoms with Crippen molar-refractivity contribution in [3.63, 3.8) is 0 Å². The topological polar surface area (TPSA) is 194 Å². The second-order valence-electron chi connectivity index (χ2n) is 42.0. The van der Waals surface area contributed by atoms with Crippen LogP contribution in [0.4, 0.5) is 24.0 Å². The maximum absolute atomic E-state index is 13.4. The highest BCUT2D eigenvalue weighted by atomic mass is 32.1. The summed E-state index contributed by atoms with van der Waals surface area (Å²) in [5.74, 6) is 4.42. The molecule has 0 bridgehead atoms. The first-order chi connectivity index (χ1) is 60.4. The zero-order valence-corrected chi connectivity index (χ0v) is 90.0. The maximum atomic E-state index is 13.4. The summed E-state index contributed by atoms with van der Waals surface area (Å²) >= 11 is 1.51. The van der Waals surface area contributed by atoms with Crippen LogP contribution in [0, 0.1) is 23.7 Å². The van der Waals surface area contributed by atoms with Gasteiger partial charge < -0.3 is 84.0 Å². The minimum Gasteiger partial charge on any atom is -0.497 e. The molecule has 10 saturated heterocycles. The Morgan fingerprint density at radius 2 is 0.611 bits per heavy atom. The smallest absolute Gasteiger partial charge is 0.320 e. The van der Waals surface area contributed by atoms with Crippen LogP contribution >= 0.6 is 78.8 Å². The van der Waals surface area contributed by atoms with E-state index in [1.165, 1.54) is 134 Å². The van der Waals surface area contributed by atoms with Gasteiger partial charge in [-0.15, -0.1) is 11.3 Å². The molecular weight excluding hydrogens is 1760 g/mol. The van der Waals surface area contributed by atoms with Gasteiger partial charge >= 0.3 is 30.2 Å². The van der Waals surface area contributed by atoms with Crippen LogP contribution < -0.4 is 15.4 Å². The summed E-state index contributed by atoms with van der Waals surface area (Å²) < 4.78 is 5.25. The third-order valence-electron chi connectivity index (χ3n) is 32.9. The van der Waals surface area contributed by atoms with Crippen molar-refractivity contribution in [3.8, 4) is 16.2 Å². The zero-order chi connectivity index (χ0) is 90.2. The number of methoxy groups -OCH3 is 1. The molecule has 2 N–H and O–H groups in total. The summed E-state index contributed by atoms with van der Waals surface area (Å²) in [5, 5.41) is 6.60. The number of carbonyl (C=O) groups excluding carboxylic acids is 6. The third kappa shape index (κ3) is 30.7. The largest absolute Gasteiger partial charge is 0.497 e. The van der Waals surface area contributed by atoms with Crippen molar-refractivity contribution in [2.24, 2.45) is 23.7 Å². The Hall–Kier alpha value is -4.07. The lowest BCUT2D eigenvalue weighted by molar-refractivity contribution is 0.0738. The van der Waals surface area contributed by atoms with Crippen LogP contribution in [0.25, 0.3) is 10.4 Å². The monoisotopic (exact) mass is 1940 g/mol. The first kappa shape index (κ1) is 114. The highest BCUT2D eigenvalue weighted by molar-refractivity contribution is 7.60. The maximum Gasteiger partial charge on any atom is 0.320 e. The third-order valence-corrected chi connectivity index (χ3v) is 34.0. The molecule has 0 spiro atoms. The van der Waals surface area contributed by atoms with E-state index in [1.54, 1.807) is 7.11 Å². The zero-order valence-electron chi connectivity index (χ0n) is 84.2. The molecule has 33 heteroatoms. The predicted octanol–water partition coefficient (Wildman–Crippen LogP) is 12.5. The molecule has 27 nitrogen and oxygen atoms in total. The first-order valence-corrected chi connectivity index (χ1v) is 50.7. The summed E-state index contributed by atoms with van der Waals surface area (Å²) in [6.45, 7) is 28.7. The predicted molar refractivity (Wildman–Crippen MR) is 563 cm³/mol. The van der Waals surface area contributed by atoms with Crippen molar-refractivity contribution in [1.29, 1.82) is 0 Å². The lowest BCUT2D eigenvalue weighted by atomic mass is 9.87. The van der Waals surface area contributed by atoms with Crippen molar-refractivity contribution in [3.05, 3.63) is 41.3 Å². The van der Waals surface area contributed by atoms with Crippen LogP contribution in [0.2, 0.25) is 0 Å². The molecule has 10 unspecified atom stereocenters. The fourth-order valence-electron chi connectivity index (χ4n) is 23.1. The highest BCUT2D eigenvalue weighted by Gasteiger charge is 2.44. The quantitative estimate of drug-likeness (QED) is 0.152. The van der Waals surface area contributed by atoms with Crippen LogP contribution in [0.15, 0.2) is 36.4 Å². The van der Waals surface area contributed by atoms with Gasteiger partial charge in [-0.3, -0.25) is 24.4 Å². The molecule has 131 heavy (non-hydrogen) atoms. The molecule has 1 aromatic heterocycles. The summed E-state index contributed by atoms with van der Waals surface area (Å²) in [7, 11) is 28.1. The van der Waals surface area contributed by atoms with E-state index in [0.717, 1.165) is 225 Å². The van der Waals surface area contributed by atoms with E-state index in [4.69, 9.17) is 4.74 Å². The molecule has 16 rings (SSSR count). The number of hydrogen-bond acceptors (Lipinski definition) is 17. The summed E-state index contributed by atoms with van der Waals surface area (Å²) in [6.07, 6.45) is 32.3.